The molecular weight excluding hydrogens is 404 g/mol. The number of anilines is 1. The third-order valence-corrected chi connectivity index (χ3v) is 6.09. The fourth-order valence-corrected chi connectivity index (χ4v) is 4.46. The molecule has 0 atom stereocenters. The highest BCUT2D eigenvalue weighted by molar-refractivity contribution is 6.31. The Hall–Kier alpha value is -3.11. The van der Waals surface area contributed by atoms with Gasteiger partial charge in [0.2, 0.25) is 11.8 Å². The van der Waals surface area contributed by atoms with Gasteiger partial charge >= 0.3 is 0 Å². The fraction of sp³-hybridized carbons (Fsp3) is 0.364. The second-order valence-corrected chi connectivity index (χ2v) is 8.00. The van der Waals surface area contributed by atoms with E-state index in [0.29, 0.717) is 54.3 Å². The van der Waals surface area contributed by atoms with Crippen LogP contribution in [0.5, 0.6) is 5.88 Å². The summed E-state index contributed by atoms with van der Waals surface area (Å²) < 4.78 is 5.96. The molecule has 1 aliphatic carbocycles. The number of aromatic nitrogens is 1. The summed E-state index contributed by atoms with van der Waals surface area (Å²) in [7, 11) is 0. The second-order valence-electron chi connectivity index (χ2n) is 7.60. The normalized spacial score (nSPS) is 22.2. The van der Waals surface area contributed by atoms with E-state index in [-0.39, 0.29) is 17.9 Å². The van der Waals surface area contributed by atoms with E-state index in [1.54, 1.807) is 12.1 Å². The Bertz CT molecular complexity index is 1050. The molecule has 1 aliphatic heterocycles. The Morgan fingerprint density at radius 1 is 1.40 bits per heavy atom. The maximum absolute atomic E-state index is 12.9. The summed E-state index contributed by atoms with van der Waals surface area (Å²) in [4.78, 5) is 29.3. The molecule has 2 aromatic rings. The molecule has 8 heteroatoms. The molecule has 154 valence electrons. The van der Waals surface area contributed by atoms with Gasteiger partial charge in [0.15, 0.2) is 0 Å². The molecule has 2 amide bonds. The van der Waals surface area contributed by atoms with Crippen LogP contribution in [-0.4, -0.2) is 29.4 Å². The number of benzene rings is 1. The van der Waals surface area contributed by atoms with Crippen molar-refractivity contribution in [2.75, 3.05) is 11.9 Å². The van der Waals surface area contributed by atoms with Gasteiger partial charge in [-0.1, -0.05) is 11.6 Å². The molecule has 0 radical (unpaired) electrons. The molecule has 2 aliphatic rings. The third kappa shape index (κ3) is 3.48. The molecule has 1 fully saturated rings. The van der Waals surface area contributed by atoms with Crippen LogP contribution in [0.3, 0.4) is 0 Å². The van der Waals surface area contributed by atoms with Crippen LogP contribution in [0.2, 0.25) is 5.02 Å². The zero-order chi connectivity index (χ0) is 21.3. The molecule has 1 saturated carbocycles. The van der Waals surface area contributed by atoms with E-state index in [4.69, 9.17) is 21.6 Å². The van der Waals surface area contributed by atoms with Crippen molar-refractivity contribution < 1.29 is 14.3 Å². The Morgan fingerprint density at radius 2 is 2.17 bits per heavy atom. The van der Waals surface area contributed by atoms with E-state index in [2.05, 4.69) is 15.6 Å². The number of hydrogen-bond acceptors (Lipinski definition) is 5. The summed E-state index contributed by atoms with van der Waals surface area (Å²) in [6, 6.07) is 8.88. The molecule has 2 N–H and O–H groups in total. The van der Waals surface area contributed by atoms with Crippen molar-refractivity contribution in [3.63, 3.8) is 0 Å². The van der Waals surface area contributed by atoms with Crippen LogP contribution in [0.4, 0.5) is 5.69 Å². The SMILES string of the molecule is CCNC(=O)c1ccc2c(c1)C1(CCC(Oc3ncc(C#N)cc3Cl)CC1)C(=O)N2. The van der Waals surface area contributed by atoms with Gasteiger partial charge in [-0.3, -0.25) is 9.59 Å². The highest BCUT2D eigenvalue weighted by Crippen LogP contribution is 2.48. The van der Waals surface area contributed by atoms with Gasteiger partial charge in [-0.2, -0.15) is 5.26 Å². The number of ether oxygens (including phenoxy) is 1. The smallest absolute Gasteiger partial charge is 0.251 e. The van der Waals surface area contributed by atoms with E-state index >= 15 is 0 Å². The van der Waals surface area contributed by atoms with Crippen LogP contribution in [-0.2, 0) is 10.2 Å². The largest absolute Gasteiger partial charge is 0.473 e. The first kappa shape index (κ1) is 20.2. The van der Waals surface area contributed by atoms with Crippen LogP contribution in [0.1, 0.15) is 54.1 Å². The quantitative estimate of drug-likeness (QED) is 0.780. The molecule has 1 aromatic heterocycles. The number of pyridine rings is 1. The average molecular weight is 425 g/mol. The van der Waals surface area contributed by atoms with Crippen LogP contribution in [0.25, 0.3) is 0 Å². The number of amides is 2. The van der Waals surface area contributed by atoms with E-state index in [1.807, 2.05) is 19.1 Å². The number of nitriles is 1. The van der Waals surface area contributed by atoms with Crippen LogP contribution in [0.15, 0.2) is 30.5 Å². The van der Waals surface area contributed by atoms with Gasteiger partial charge < -0.3 is 15.4 Å². The van der Waals surface area contributed by atoms with E-state index in [1.165, 1.54) is 12.3 Å². The maximum Gasteiger partial charge on any atom is 0.251 e. The first-order valence-electron chi connectivity index (χ1n) is 9.93. The van der Waals surface area contributed by atoms with Gasteiger partial charge in [0.25, 0.3) is 5.91 Å². The lowest BCUT2D eigenvalue weighted by atomic mass is 9.69. The molecule has 0 unspecified atom stereocenters. The molecule has 7 nitrogen and oxygen atoms in total. The van der Waals surface area contributed by atoms with Crippen molar-refractivity contribution in [3.05, 3.63) is 52.2 Å². The number of hydrogen-bond donors (Lipinski definition) is 2. The lowest BCUT2D eigenvalue weighted by molar-refractivity contribution is -0.122. The number of fused-ring (bicyclic) bond motifs is 2. The molecule has 1 spiro atoms. The summed E-state index contributed by atoms with van der Waals surface area (Å²) in [5.41, 5.74) is 1.92. The van der Waals surface area contributed by atoms with E-state index in [9.17, 15) is 9.59 Å². The van der Waals surface area contributed by atoms with Crippen molar-refractivity contribution in [2.45, 2.75) is 44.1 Å². The summed E-state index contributed by atoms with van der Waals surface area (Å²) in [6.45, 7) is 2.41. The number of halogens is 1. The van der Waals surface area contributed by atoms with Crippen LogP contribution >= 0.6 is 11.6 Å². The summed E-state index contributed by atoms with van der Waals surface area (Å²) in [6.07, 6.45) is 3.80. The zero-order valence-corrected chi connectivity index (χ0v) is 17.3. The molecule has 0 bridgehead atoms. The van der Waals surface area contributed by atoms with E-state index < -0.39 is 5.41 Å². The molecule has 1 aromatic carbocycles. The second kappa shape index (κ2) is 7.96. The average Bonchev–Trinajstić information content (AvgIpc) is 3.02. The Balaban J connectivity index is 1.52. The number of carbonyl (C=O) groups excluding carboxylic acids is 2. The number of nitrogens with zero attached hydrogens (tertiary/aromatic N) is 2. The van der Waals surface area contributed by atoms with Crippen molar-refractivity contribution in [1.29, 1.82) is 5.26 Å². The fourth-order valence-electron chi connectivity index (χ4n) is 4.25. The van der Waals surface area contributed by atoms with E-state index in [0.717, 1.165) is 11.3 Å². The highest BCUT2D eigenvalue weighted by atomic mass is 35.5. The summed E-state index contributed by atoms with van der Waals surface area (Å²) >= 11 is 6.17. The zero-order valence-electron chi connectivity index (χ0n) is 16.5. The maximum atomic E-state index is 12.9. The van der Waals surface area contributed by atoms with Crippen LogP contribution < -0.4 is 15.4 Å². The number of rotatable bonds is 4. The predicted octanol–water partition coefficient (Wildman–Crippen LogP) is 3.57. The van der Waals surface area contributed by atoms with Crippen molar-refractivity contribution in [1.82, 2.24) is 10.3 Å². The molecule has 30 heavy (non-hydrogen) atoms. The van der Waals surface area contributed by atoms with Gasteiger partial charge in [-0.25, -0.2) is 4.98 Å². The minimum absolute atomic E-state index is 0.0291. The van der Waals surface area contributed by atoms with Gasteiger partial charge in [0.1, 0.15) is 17.2 Å². The minimum atomic E-state index is -0.653. The van der Waals surface area contributed by atoms with Crippen LogP contribution in [0, 0.1) is 11.3 Å². The molecule has 4 rings (SSSR count). The van der Waals surface area contributed by atoms with Crippen molar-refractivity contribution in [3.8, 4) is 11.9 Å². The Labute approximate surface area is 179 Å². The van der Waals surface area contributed by atoms with Crippen molar-refractivity contribution >= 4 is 29.1 Å². The lowest BCUT2D eigenvalue weighted by Gasteiger charge is -2.35. The monoisotopic (exact) mass is 424 g/mol. The highest BCUT2D eigenvalue weighted by Gasteiger charge is 2.49. The topological polar surface area (TPSA) is 104 Å². The molecule has 2 heterocycles. The number of carbonyl (C=O) groups is 2. The van der Waals surface area contributed by atoms with Gasteiger partial charge in [0.05, 0.1) is 11.0 Å². The van der Waals surface area contributed by atoms with Gasteiger partial charge in [0, 0.05) is 24.0 Å². The Morgan fingerprint density at radius 3 is 2.83 bits per heavy atom. The first-order valence-corrected chi connectivity index (χ1v) is 10.3. The van der Waals surface area contributed by atoms with Gasteiger partial charge in [-0.05, 0) is 62.4 Å². The van der Waals surface area contributed by atoms with Crippen molar-refractivity contribution in [2.24, 2.45) is 0 Å². The lowest BCUT2D eigenvalue weighted by Crippen LogP contribution is -2.41. The summed E-state index contributed by atoms with van der Waals surface area (Å²) in [5.74, 6) is 0.123. The minimum Gasteiger partial charge on any atom is -0.473 e. The van der Waals surface area contributed by atoms with Gasteiger partial charge in [-0.15, -0.1) is 0 Å². The summed E-state index contributed by atoms with van der Waals surface area (Å²) in [5, 5.41) is 15.0. The predicted molar refractivity (Wildman–Crippen MR) is 112 cm³/mol. The molecular formula is C22H21ClN4O3. The first-order chi connectivity index (χ1) is 14.5. The Kier molecular flexibility index (Phi) is 5.35. The molecule has 0 saturated heterocycles. The standard InChI is InChI=1S/C22H21ClN4O3/c1-2-25-19(28)14-3-4-18-16(10-14)22(21(29)27-18)7-5-15(6-8-22)30-20-17(23)9-13(11-24)12-26-20/h3-4,9-10,12,15H,2,5-8H2,1H3,(H,25,28)(H,27,29). The third-order valence-electron chi connectivity index (χ3n) is 5.82. The number of nitrogens with one attached hydrogen (secondary N) is 2.